The van der Waals surface area contributed by atoms with Crippen LogP contribution in [0, 0.1) is 5.82 Å². The molecule has 0 aliphatic rings. The molecule has 0 fully saturated rings. The number of aromatic nitrogens is 1. The molecule has 0 aliphatic carbocycles. The van der Waals surface area contributed by atoms with Crippen LogP contribution in [0.3, 0.4) is 0 Å². The number of carbonyl (C=O) groups excluding carboxylic acids is 2. The van der Waals surface area contributed by atoms with E-state index in [1.54, 1.807) is 7.05 Å². The average molecular weight is 368 g/mol. The molecule has 1 heterocycles. The molecule has 0 aliphatic heterocycles. The summed E-state index contributed by atoms with van der Waals surface area (Å²) in [5, 5.41) is 0.775. The fourth-order valence-corrected chi connectivity index (χ4v) is 3.46. The molecule has 132 valence electrons. The summed E-state index contributed by atoms with van der Waals surface area (Å²) < 4.78 is 13.9. The maximum absolute atomic E-state index is 12.9. The zero-order chi connectivity index (χ0) is 18.7. The van der Waals surface area contributed by atoms with Crippen LogP contribution in [0.5, 0.6) is 0 Å². The van der Waals surface area contributed by atoms with Crippen LogP contribution in [-0.2, 0) is 9.59 Å². The number of rotatable bonds is 5. The van der Waals surface area contributed by atoms with E-state index in [-0.39, 0.29) is 11.9 Å². The quantitative estimate of drug-likeness (QED) is 0.500. The van der Waals surface area contributed by atoms with E-state index in [0.717, 1.165) is 15.2 Å². The first-order valence-electron chi connectivity index (χ1n) is 8.06. The molecule has 2 aromatic carbocycles. The van der Waals surface area contributed by atoms with E-state index in [9.17, 15) is 14.0 Å². The van der Waals surface area contributed by atoms with Crippen molar-refractivity contribution in [1.29, 1.82) is 0 Å². The third kappa shape index (κ3) is 3.86. The van der Waals surface area contributed by atoms with Gasteiger partial charge in [0, 0.05) is 7.05 Å². The minimum Gasteiger partial charge on any atom is -0.330 e. The predicted molar refractivity (Wildman–Crippen MR) is 101 cm³/mol. The molecule has 1 atom stereocenters. The average Bonchev–Trinajstić information content (AvgIpc) is 3.09. The molecule has 0 N–H and O–H groups in total. The molecule has 3 aromatic rings. The Bertz CT molecular complexity index is 946. The fraction of sp³-hybridized carbons (Fsp3) is 0.150. The number of thiazole rings is 1. The summed E-state index contributed by atoms with van der Waals surface area (Å²) in [4.78, 5) is 30.5. The summed E-state index contributed by atoms with van der Waals surface area (Å²) >= 11 is 1.50. The molecule has 1 aromatic heterocycles. The zero-order valence-corrected chi connectivity index (χ0v) is 15.2. The van der Waals surface area contributed by atoms with Gasteiger partial charge >= 0.3 is 0 Å². The zero-order valence-electron chi connectivity index (χ0n) is 14.3. The number of benzene rings is 2. The van der Waals surface area contributed by atoms with Crippen molar-refractivity contribution < 1.29 is 14.0 Å². The highest BCUT2D eigenvalue weighted by Crippen LogP contribution is 2.28. The Kier molecular flexibility index (Phi) is 5.23. The van der Waals surface area contributed by atoms with Gasteiger partial charge in [0.15, 0.2) is 0 Å². The summed E-state index contributed by atoms with van der Waals surface area (Å²) in [7, 11) is 1.59. The molecule has 0 saturated carbocycles. The highest BCUT2D eigenvalue weighted by Gasteiger charge is 2.24. The second-order valence-corrected chi connectivity index (χ2v) is 6.92. The molecule has 6 heteroatoms. The number of carbonyl (C=O) groups is 2. The second kappa shape index (κ2) is 7.58. The van der Waals surface area contributed by atoms with E-state index in [1.165, 1.54) is 52.7 Å². The van der Waals surface area contributed by atoms with Gasteiger partial charge in [-0.25, -0.2) is 9.37 Å². The number of nitrogens with zero attached hydrogens (tertiary/aromatic N) is 2. The van der Waals surface area contributed by atoms with E-state index in [4.69, 9.17) is 0 Å². The molecular formula is C20H17FN2O2S. The first-order chi connectivity index (χ1) is 12.5. The normalized spacial score (nSPS) is 12.4. The van der Waals surface area contributed by atoms with Gasteiger partial charge in [-0.3, -0.25) is 9.59 Å². The molecule has 4 nitrogen and oxygen atoms in total. The molecule has 1 amide bonds. The van der Waals surface area contributed by atoms with Gasteiger partial charge in [-0.05, 0) is 42.8 Å². The fourth-order valence-electron chi connectivity index (χ4n) is 2.40. The van der Waals surface area contributed by atoms with Crippen LogP contribution in [-0.4, -0.2) is 28.6 Å². The number of halogens is 1. The first-order valence-corrected chi connectivity index (χ1v) is 8.87. The van der Waals surface area contributed by atoms with E-state index in [2.05, 4.69) is 4.98 Å². The van der Waals surface area contributed by atoms with Crippen LogP contribution in [0.25, 0.3) is 16.3 Å². The Morgan fingerprint density at radius 3 is 2.54 bits per heavy atom. The number of ketones is 1. The van der Waals surface area contributed by atoms with Crippen molar-refractivity contribution in [3.05, 3.63) is 71.0 Å². The lowest BCUT2D eigenvalue weighted by molar-refractivity contribution is -0.142. The van der Waals surface area contributed by atoms with Crippen LogP contribution in [0.15, 0.2) is 54.6 Å². The summed E-state index contributed by atoms with van der Waals surface area (Å²) in [5.41, 5.74) is 1.53. The Labute approximate surface area is 154 Å². The van der Waals surface area contributed by atoms with Gasteiger partial charge in [0.2, 0.25) is 5.78 Å². The topological polar surface area (TPSA) is 50.3 Å². The first kappa shape index (κ1) is 17.9. The van der Waals surface area contributed by atoms with Crippen LogP contribution >= 0.6 is 11.3 Å². The molecular weight excluding hydrogens is 351 g/mol. The van der Waals surface area contributed by atoms with Crippen LogP contribution in [0.1, 0.15) is 23.5 Å². The van der Waals surface area contributed by atoms with Crippen molar-refractivity contribution in [2.45, 2.75) is 13.0 Å². The summed E-state index contributed by atoms with van der Waals surface area (Å²) in [6, 6.07) is 13.1. The van der Waals surface area contributed by atoms with Gasteiger partial charge in [-0.2, -0.15) is 0 Å². The highest BCUT2D eigenvalue weighted by atomic mass is 32.1. The van der Waals surface area contributed by atoms with Gasteiger partial charge < -0.3 is 4.90 Å². The minimum absolute atomic E-state index is 0.317. The van der Waals surface area contributed by atoms with E-state index in [1.807, 2.05) is 31.2 Å². The van der Waals surface area contributed by atoms with E-state index in [0.29, 0.717) is 5.56 Å². The highest BCUT2D eigenvalue weighted by molar-refractivity contribution is 7.18. The van der Waals surface area contributed by atoms with E-state index >= 15 is 0 Å². The molecule has 0 radical (unpaired) electrons. The third-order valence-corrected chi connectivity index (χ3v) is 5.28. The van der Waals surface area contributed by atoms with Crippen molar-refractivity contribution in [2.75, 3.05) is 7.05 Å². The molecule has 0 bridgehead atoms. The maximum Gasteiger partial charge on any atom is 0.294 e. The van der Waals surface area contributed by atoms with Crippen LogP contribution < -0.4 is 0 Å². The van der Waals surface area contributed by atoms with Crippen molar-refractivity contribution in [3.63, 3.8) is 0 Å². The molecule has 0 saturated heterocycles. The monoisotopic (exact) mass is 368 g/mol. The second-order valence-electron chi connectivity index (χ2n) is 5.86. The number of fused-ring (bicyclic) bond motifs is 1. The van der Waals surface area contributed by atoms with Gasteiger partial charge in [0.25, 0.3) is 5.91 Å². The number of hydrogen-bond donors (Lipinski definition) is 0. The minimum atomic E-state index is -0.634. The van der Waals surface area contributed by atoms with Crippen LogP contribution in [0.4, 0.5) is 4.39 Å². The van der Waals surface area contributed by atoms with Crippen LogP contribution in [0.2, 0.25) is 0 Å². The van der Waals surface area contributed by atoms with Crippen molar-refractivity contribution in [1.82, 2.24) is 9.88 Å². The standard InChI is InChI=1S/C20H17FN2O2S/c1-13(19-22-16-5-3-4-6-18(16)26-19)23(2)20(25)17(24)12-9-14-7-10-15(21)11-8-14/h3-13H,1-2H3/b12-9+. The molecule has 0 spiro atoms. The number of hydrogen-bond acceptors (Lipinski definition) is 4. The third-order valence-electron chi connectivity index (χ3n) is 4.08. The largest absolute Gasteiger partial charge is 0.330 e. The predicted octanol–water partition coefficient (Wildman–Crippen LogP) is 4.24. The van der Waals surface area contributed by atoms with Gasteiger partial charge in [0.1, 0.15) is 10.8 Å². The lowest BCUT2D eigenvalue weighted by Crippen LogP contribution is -2.34. The van der Waals surface area contributed by atoms with Gasteiger partial charge in [0.05, 0.1) is 16.3 Å². The smallest absolute Gasteiger partial charge is 0.294 e. The molecule has 3 rings (SSSR count). The summed E-state index contributed by atoms with van der Waals surface area (Å²) in [6.45, 7) is 1.84. The molecule has 26 heavy (non-hydrogen) atoms. The Balaban J connectivity index is 1.71. The molecule has 1 unspecified atom stereocenters. The Hall–Kier alpha value is -2.86. The van der Waals surface area contributed by atoms with Crippen molar-refractivity contribution >= 4 is 39.3 Å². The Morgan fingerprint density at radius 1 is 1.15 bits per heavy atom. The number of likely N-dealkylation sites (N-methyl/N-ethyl adjacent to an activating group) is 1. The number of para-hydroxylation sites is 1. The summed E-state index contributed by atoms with van der Waals surface area (Å²) in [5.74, 6) is -1.60. The van der Waals surface area contributed by atoms with Crippen molar-refractivity contribution in [3.8, 4) is 0 Å². The maximum atomic E-state index is 12.9. The number of amides is 1. The van der Waals surface area contributed by atoms with Gasteiger partial charge in [-0.15, -0.1) is 11.3 Å². The Morgan fingerprint density at radius 2 is 1.85 bits per heavy atom. The lowest BCUT2D eigenvalue weighted by atomic mass is 10.2. The van der Waals surface area contributed by atoms with E-state index < -0.39 is 11.7 Å². The summed E-state index contributed by atoms with van der Waals surface area (Å²) in [6.07, 6.45) is 2.70. The van der Waals surface area contributed by atoms with Crippen molar-refractivity contribution in [2.24, 2.45) is 0 Å². The SMILES string of the molecule is CC(c1nc2ccccc2s1)N(C)C(=O)C(=O)/C=C/c1ccc(F)cc1. The lowest BCUT2D eigenvalue weighted by Gasteiger charge is -2.21. The van der Waals surface area contributed by atoms with Gasteiger partial charge in [-0.1, -0.05) is 30.3 Å².